The number of ether oxygens (including phenoxy) is 2. The molecule has 5 rings (SSSR count). The maximum absolute atomic E-state index is 13.2. The lowest BCUT2D eigenvalue weighted by atomic mass is 10.1. The topological polar surface area (TPSA) is 84.9 Å². The van der Waals surface area contributed by atoms with Gasteiger partial charge in [0.1, 0.15) is 0 Å². The van der Waals surface area contributed by atoms with Gasteiger partial charge in [-0.25, -0.2) is 0 Å². The van der Waals surface area contributed by atoms with Crippen molar-refractivity contribution in [2.75, 3.05) is 18.5 Å². The summed E-state index contributed by atoms with van der Waals surface area (Å²) in [5.74, 6) is 0.0746. The number of thioether (sulfide) groups is 1. The first-order valence-electron chi connectivity index (χ1n) is 13.5. The summed E-state index contributed by atoms with van der Waals surface area (Å²) in [6.07, 6.45) is 1.66. The lowest BCUT2D eigenvalue weighted by Crippen LogP contribution is -2.27. The van der Waals surface area contributed by atoms with Gasteiger partial charge in [0.2, 0.25) is 0 Å². The van der Waals surface area contributed by atoms with Gasteiger partial charge in [-0.3, -0.25) is 19.3 Å². The van der Waals surface area contributed by atoms with Crippen molar-refractivity contribution in [2.45, 2.75) is 27.3 Å². The van der Waals surface area contributed by atoms with Crippen LogP contribution in [0.3, 0.4) is 0 Å². The Labute approximate surface area is 270 Å². The van der Waals surface area contributed by atoms with Gasteiger partial charge in [0.05, 0.1) is 28.2 Å². The van der Waals surface area contributed by atoms with Crippen LogP contribution in [-0.2, 0) is 16.1 Å². The van der Waals surface area contributed by atoms with Crippen molar-refractivity contribution in [3.05, 3.63) is 103 Å². The molecular weight excluding hydrogens is 696 g/mol. The zero-order valence-corrected chi connectivity index (χ0v) is 27.7. The number of fused-ring (bicyclic) bond motifs is 1. The fourth-order valence-electron chi connectivity index (χ4n) is 4.58. The molecule has 1 fully saturated rings. The Morgan fingerprint density at radius 3 is 2.44 bits per heavy atom. The summed E-state index contributed by atoms with van der Waals surface area (Å²) < 4.78 is 13.0. The van der Waals surface area contributed by atoms with Crippen molar-refractivity contribution in [2.24, 2.45) is 0 Å². The van der Waals surface area contributed by atoms with Crippen LogP contribution < -0.4 is 14.8 Å². The molecule has 4 aromatic carbocycles. The second kappa shape index (κ2) is 13.4. The van der Waals surface area contributed by atoms with Gasteiger partial charge in [-0.2, -0.15) is 0 Å². The molecule has 0 aromatic heterocycles. The summed E-state index contributed by atoms with van der Waals surface area (Å²) in [6.45, 7) is 6.12. The molecule has 43 heavy (non-hydrogen) atoms. The summed E-state index contributed by atoms with van der Waals surface area (Å²) >= 11 is 7.92. The highest BCUT2D eigenvalue weighted by atomic mass is 79.9. The molecule has 0 unspecified atom stereocenters. The zero-order chi connectivity index (χ0) is 30.7. The molecule has 0 atom stereocenters. The minimum absolute atomic E-state index is 0.189. The van der Waals surface area contributed by atoms with Crippen LogP contribution in [-0.4, -0.2) is 35.2 Å². The van der Waals surface area contributed by atoms with E-state index in [2.05, 4.69) is 37.2 Å². The Morgan fingerprint density at radius 2 is 1.67 bits per heavy atom. The Morgan fingerprint density at radius 1 is 0.930 bits per heavy atom. The fourth-order valence-corrected chi connectivity index (χ4v) is 6.55. The third-order valence-electron chi connectivity index (χ3n) is 6.86. The number of hydrogen-bond acceptors (Lipinski definition) is 6. The summed E-state index contributed by atoms with van der Waals surface area (Å²) in [5.41, 5.74) is 4.34. The first kappa shape index (κ1) is 30.8. The van der Waals surface area contributed by atoms with E-state index in [0.29, 0.717) is 38.7 Å². The van der Waals surface area contributed by atoms with E-state index in [-0.39, 0.29) is 30.2 Å². The van der Waals surface area contributed by atoms with Gasteiger partial charge < -0.3 is 14.8 Å². The molecule has 0 saturated carbocycles. The summed E-state index contributed by atoms with van der Waals surface area (Å²) in [5, 5.41) is 4.69. The standard InChI is InChI=1S/C33H28Br2N2O5S/c1-4-41-28-15-22(14-26(35)31(28)42-18-30(38)36-27-12-20(3)19(2)11-25(27)34)16-29-32(39)37(33(40)43-29)17-21-9-10-23-7-5-6-8-24(23)13-21/h5-16H,4,17-18H2,1-3H3,(H,36,38). The minimum atomic E-state index is -0.355. The highest BCUT2D eigenvalue weighted by molar-refractivity contribution is 9.11. The number of imide groups is 1. The lowest BCUT2D eigenvalue weighted by molar-refractivity contribution is -0.123. The average molecular weight is 724 g/mol. The Kier molecular flexibility index (Phi) is 9.59. The van der Waals surface area contributed by atoms with E-state index in [9.17, 15) is 14.4 Å². The van der Waals surface area contributed by atoms with Crippen LogP contribution in [0.15, 0.2) is 80.6 Å². The third-order valence-corrected chi connectivity index (χ3v) is 9.02. The van der Waals surface area contributed by atoms with Crippen molar-refractivity contribution in [1.29, 1.82) is 0 Å². The number of aryl methyl sites for hydroxylation is 2. The molecule has 0 spiro atoms. The van der Waals surface area contributed by atoms with Gasteiger partial charge in [0, 0.05) is 4.47 Å². The highest BCUT2D eigenvalue weighted by Gasteiger charge is 2.35. The van der Waals surface area contributed by atoms with Gasteiger partial charge in [-0.15, -0.1) is 0 Å². The molecule has 1 aliphatic heterocycles. The maximum atomic E-state index is 13.2. The molecule has 1 saturated heterocycles. The van der Waals surface area contributed by atoms with Crippen LogP contribution in [0.5, 0.6) is 11.5 Å². The molecule has 3 amide bonds. The van der Waals surface area contributed by atoms with Gasteiger partial charge in [-0.05, 0) is 134 Å². The van der Waals surface area contributed by atoms with Crippen molar-refractivity contribution in [3.8, 4) is 11.5 Å². The van der Waals surface area contributed by atoms with Crippen LogP contribution in [0.2, 0.25) is 0 Å². The van der Waals surface area contributed by atoms with Crippen molar-refractivity contribution in [1.82, 2.24) is 4.90 Å². The van der Waals surface area contributed by atoms with E-state index in [4.69, 9.17) is 9.47 Å². The van der Waals surface area contributed by atoms with Crippen LogP contribution in [0.4, 0.5) is 10.5 Å². The van der Waals surface area contributed by atoms with Gasteiger partial charge in [0.25, 0.3) is 17.1 Å². The number of amides is 3. The number of rotatable bonds is 9. The molecule has 1 heterocycles. The molecule has 220 valence electrons. The predicted molar refractivity (Wildman–Crippen MR) is 179 cm³/mol. The highest BCUT2D eigenvalue weighted by Crippen LogP contribution is 2.40. The first-order chi connectivity index (χ1) is 20.6. The van der Waals surface area contributed by atoms with Gasteiger partial charge in [-0.1, -0.05) is 36.4 Å². The van der Waals surface area contributed by atoms with E-state index in [1.807, 2.05) is 75.4 Å². The Balaban J connectivity index is 1.30. The van der Waals surface area contributed by atoms with Gasteiger partial charge >= 0.3 is 0 Å². The average Bonchev–Trinajstić information content (AvgIpc) is 3.22. The largest absolute Gasteiger partial charge is 0.490 e. The number of benzene rings is 4. The first-order valence-corrected chi connectivity index (χ1v) is 15.9. The van der Waals surface area contributed by atoms with E-state index in [1.165, 1.54) is 4.90 Å². The molecule has 4 aromatic rings. The quantitative estimate of drug-likeness (QED) is 0.174. The predicted octanol–water partition coefficient (Wildman–Crippen LogP) is 8.63. The molecule has 10 heteroatoms. The SMILES string of the molecule is CCOc1cc(C=C2SC(=O)N(Cc3ccc4ccccc4c3)C2=O)cc(Br)c1OCC(=O)Nc1cc(C)c(C)cc1Br. The zero-order valence-electron chi connectivity index (χ0n) is 23.7. The smallest absolute Gasteiger partial charge is 0.293 e. The molecule has 1 N–H and O–H groups in total. The molecular formula is C33H28Br2N2O5S. The molecule has 7 nitrogen and oxygen atoms in total. The normalized spacial score (nSPS) is 14.1. The molecule has 1 aliphatic rings. The summed E-state index contributed by atoms with van der Waals surface area (Å²) in [7, 11) is 0. The summed E-state index contributed by atoms with van der Waals surface area (Å²) in [4.78, 5) is 40.3. The Bertz CT molecular complexity index is 1790. The number of nitrogens with zero attached hydrogens (tertiary/aromatic N) is 1. The second-order valence-electron chi connectivity index (χ2n) is 9.97. The van der Waals surface area contributed by atoms with Crippen molar-refractivity contribution in [3.63, 3.8) is 0 Å². The minimum Gasteiger partial charge on any atom is -0.490 e. The maximum Gasteiger partial charge on any atom is 0.293 e. The molecule has 0 radical (unpaired) electrons. The number of carbonyl (C=O) groups is 3. The van der Waals surface area contributed by atoms with E-state index >= 15 is 0 Å². The number of carbonyl (C=O) groups excluding carboxylic acids is 3. The Hall–Kier alpha value is -3.60. The number of halogens is 2. The molecule has 0 bridgehead atoms. The van der Waals surface area contributed by atoms with Crippen LogP contribution in [0, 0.1) is 13.8 Å². The number of hydrogen-bond donors (Lipinski definition) is 1. The van der Waals surface area contributed by atoms with E-state index in [0.717, 1.165) is 43.7 Å². The van der Waals surface area contributed by atoms with Crippen LogP contribution in [0.25, 0.3) is 16.8 Å². The third kappa shape index (κ3) is 7.14. The van der Waals surface area contributed by atoms with Crippen LogP contribution in [0.1, 0.15) is 29.2 Å². The van der Waals surface area contributed by atoms with E-state index < -0.39 is 0 Å². The van der Waals surface area contributed by atoms with Crippen molar-refractivity contribution < 1.29 is 23.9 Å². The van der Waals surface area contributed by atoms with Crippen molar-refractivity contribution >= 4 is 83.2 Å². The number of nitrogens with one attached hydrogen (secondary N) is 1. The number of anilines is 1. The second-order valence-corrected chi connectivity index (χ2v) is 12.7. The van der Waals surface area contributed by atoms with E-state index in [1.54, 1.807) is 18.2 Å². The monoisotopic (exact) mass is 722 g/mol. The molecule has 0 aliphatic carbocycles. The fraction of sp³-hybridized carbons (Fsp3) is 0.182. The van der Waals surface area contributed by atoms with Gasteiger partial charge in [0.15, 0.2) is 18.1 Å². The summed E-state index contributed by atoms with van der Waals surface area (Å²) in [6, 6.07) is 21.2. The lowest BCUT2D eigenvalue weighted by Gasteiger charge is -2.15. The van der Waals surface area contributed by atoms with Crippen LogP contribution >= 0.6 is 43.6 Å².